The van der Waals surface area contributed by atoms with Crippen molar-refractivity contribution in [1.29, 1.82) is 0 Å². The highest BCUT2D eigenvalue weighted by atomic mass is 32.2. The Kier molecular flexibility index (Phi) is 7.13. The van der Waals surface area contributed by atoms with Crippen LogP contribution in [0.3, 0.4) is 0 Å². The van der Waals surface area contributed by atoms with E-state index in [0.717, 1.165) is 29.1 Å². The zero-order chi connectivity index (χ0) is 16.5. The first-order valence-corrected chi connectivity index (χ1v) is 9.06. The minimum Gasteiger partial charge on any atom is -0.350 e. The normalized spacial score (nSPS) is 12.1. The molecule has 1 unspecified atom stereocenters. The summed E-state index contributed by atoms with van der Waals surface area (Å²) in [6.45, 7) is 4.26. The molecule has 1 amide bonds. The van der Waals surface area contributed by atoms with Crippen LogP contribution in [0.15, 0.2) is 35.7 Å². The predicted molar refractivity (Wildman–Crippen MR) is 93.5 cm³/mol. The SMILES string of the molecule is CCCCCC(C)NC(=O)c1ccccc1CSc1ncn[nH]1. The van der Waals surface area contributed by atoms with Crippen LogP contribution in [0.1, 0.15) is 55.5 Å². The monoisotopic (exact) mass is 332 g/mol. The van der Waals surface area contributed by atoms with Crippen LogP contribution in [0, 0.1) is 0 Å². The topological polar surface area (TPSA) is 70.7 Å². The highest BCUT2D eigenvalue weighted by molar-refractivity contribution is 7.98. The number of carbonyl (C=O) groups excluding carboxylic acids is 1. The van der Waals surface area contributed by atoms with E-state index in [1.54, 1.807) is 0 Å². The summed E-state index contributed by atoms with van der Waals surface area (Å²) in [5.74, 6) is 0.686. The first-order chi connectivity index (χ1) is 11.2. The van der Waals surface area contributed by atoms with E-state index in [4.69, 9.17) is 0 Å². The average molecular weight is 332 g/mol. The number of aromatic nitrogens is 3. The number of amides is 1. The summed E-state index contributed by atoms with van der Waals surface area (Å²) in [5, 5.41) is 10.5. The Balaban J connectivity index is 1.94. The van der Waals surface area contributed by atoms with Gasteiger partial charge in [-0.2, -0.15) is 5.10 Å². The number of nitrogens with one attached hydrogen (secondary N) is 2. The minimum atomic E-state index is 0.00256. The van der Waals surface area contributed by atoms with E-state index in [1.807, 2.05) is 24.3 Å². The fourth-order valence-electron chi connectivity index (χ4n) is 2.35. The van der Waals surface area contributed by atoms with E-state index in [0.29, 0.717) is 5.75 Å². The predicted octanol–water partition coefficient (Wildman–Crippen LogP) is 3.80. The Labute approximate surface area is 141 Å². The number of aromatic amines is 1. The molecule has 0 aliphatic heterocycles. The van der Waals surface area contributed by atoms with Gasteiger partial charge < -0.3 is 5.32 Å². The standard InChI is InChI=1S/C17H24N4OS/c1-3-4-5-8-13(2)20-16(22)15-10-7-6-9-14(15)11-23-17-18-12-19-21-17/h6-7,9-10,12-13H,3-5,8,11H2,1-2H3,(H,20,22)(H,18,19,21). The molecule has 124 valence electrons. The van der Waals surface area contributed by atoms with Gasteiger partial charge in [-0.3, -0.25) is 9.89 Å². The van der Waals surface area contributed by atoms with Crippen LogP contribution >= 0.6 is 11.8 Å². The van der Waals surface area contributed by atoms with E-state index in [1.165, 1.54) is 30.9 Å². The second-order valence-corrected chi connectivity index (χ2v) is 6.57. The highest BCUT2D eigenvalue weighted by Gasteiger charge is 2.13. The maximum atomic E-state index is 12.5. The molecule has 1 atom stereocenters. The van der Waals surface area contributed by atoms with Crippen LogP contribution in [0.4, 0.5) is 0 Å². The lowest BCUT2D eigenvalue weighted by molar-refractivity contribution is 0.0937. The number of thioether (sulfide) groups is 1. The smallest absolute Gasteiger partial charge is 0.251 e. The van der Waals surface area contributed by atoms with Gasteiger partial charge in [-0.15, -0.1) is 0 Å². The molecule has 0 radical (unpaired) electrons. The molecule has 2 rings (SSSR count). The first kappa shape index (κ1) is 17.5. The van der Waals surface area contributed by atoms with Crippen molar-refractivity contribution < 1.29 is 4.79 Å². The van der Waals surface area contributed by atoms with Crippen LogP contribution < -0.4 is 5.32 Å². The van der Waals surface area contributed by atoms with Crippen molar-refractivity contribution in [1.82, 2.24) is 20.5 Å². The van der Waals surface area contributed by atoms with Crippen LogP contribution in [-0.2, 0) is 5.75 Å². The fourth-order valence-corrected chi connectivity index (χ4v) is 3.13. The molecule has 0 saturated heterocycles. The lowest BCUT2D eigenvalue weighted by Crippen LogP contribution is -2.33. The van der Waals surface area contributed by atoms with Crippen molar-refractivity contribution in [2.45, 2.75) is 56.5 Å². The average Bonchev–Trinajstić information content (AvgIpc) is 3.07. The summed E-state index contributed by atoms with van der Waals surface area (Å²) in [6, 6.07) is 7.92. The van der Waals surface area contributed by atoms with Crippen molar-refractivity contribution in [3.63, 3.8) is 0 Å². The lowest BCUT2D eigenvalue weighted by atomic mass is 10.1. The molecular formula is C17H24N4OS. The molecule has 0 aliphatic carbocycles. The Morgan fingerprint density at radius 2 is 2.17 bits per heavy atom. The summed E-state index contributed by atoms with van der Waals surface area (Å²) in [6.07, 6.45) is 6.07. The third-order valence-corrected chi connectivity index (χ3v) is 4.56. The summed E-state index contributed by atoms with van der Waals surface area (Å²) in [4.78, 5) is 16.6. The molecule has 6 heteroatoms. The maximum Gasteiger partial charge on any atom is 0.251 e. The number of hydrogen-bond donors (Lipinski definition) is 2. The van der Waals surface area contributed by atoms with Gasteiger partial charge in [0.25, 0.3) is 5.91 Å². The second-order valence-electron chi connectivity index (χ2n) is 5.61. The van der Waals surface area contributed by atoms with E-state index in [2.05, 4.69) is 34.3 Å². The number of benzene rings is 1. The largest absolute Gasteiger partial charge is 0.350 e. The first-order valence-electron chi connectivity index (χ1n) is 8.07. The number of nitrogens with zero attached hydrogens (tertiary/aromatic N) is 2. The van der Waals surface area contributed by atoms with Crippen molar-refractivity contribution in [3.8, 4) is 0 Å². The third-order valence-electron chi connectivity index (χ3n) is 3.64. The number of carbonyl (C=O) groups is 1. The van der Waals surface area contributed by atoms with Gasteiger partial charge in [0, 0.05) is 17.4 Å². The molecule has 0 bridgehead atoms. The molecule has 0 fully saturated rings. The summed E-state index contributed by atoms with van der Waals surface area (Å²) in [5.41, 5.74) is 1.74. The van der Waals surface area contributed by atoms with Crippen LogP contribution in [0.25, 0.3) is 0 Å². The van der Waals surface area contributed by atoms with Crippen molar-refractivity contribution in [3.05, 3.63) is 41.7 Å². The van der Waals surface area contributed by atoms with Gasteiger partial charge in [0.15, 0.2) is 5.16 Å². The molecule has 0 spiro atoms. The zero-order valence-electron chi connectivity index (χ0n) is 13.7. The van der Waals surface area contributed by atoms with E-state index in [-0.39, 0.29) is 11.9 Å². The molecular weight excluding hydrogens is 308 g/mol. The quantitative estimate of drug-likeness (QED) is 0.541. The van der Waals surface area contributed by atoms with Gasteiger partial charge in [-0.25, -0.2) is 4.98 Å². The molecule has 0 aliphatic rings. The van der Waals surface area contributed by atoms with Crippen LogP contribution in [0.2, 0.25) is 0 Å². The lowest BCUT2D eigenvalue weighted by Gasteiger charge is -2.15. The second kappa shape index (κ2) is 9.35. The minimum absolute atomic E-state index is 0.00256. The molecule has 2 N–H and O–H groups in total. The molecule has 0 saturated carbocycles. The molecule has 23 heavy (non-hydrogen) atoms. The maximum absolute atomic E-state index is 12.5. The van der Waals surface area contributed by atoms with Gasteiger partial charge in [-0.1, -0.05) is 56.1 Å². The van der Waals surface area contributed by atoms with Crippen molar-refractivity contribution in [2.75, 3.05) is 0 Å². The highest BCUT2D eigenvalue weighted by Crippen LogP contribution is 2.21. The van der Waals surface area contributed by atoms with Gasteiger partial charge >= 0.3 is 0 Å². The molecule has 2 aromatic rings. The van der Waals surface area contributed by atoms with E-state index >= 15 is 0 Å². The van der Waals surface area contributed by atoms with Gasteiger partial charge in [0.1, 0.15) is 6.33 Å². The number of unbranched alkanes of at least 4 members (excludes halogenated alkanes) is 2. The Morgan fingerprint density at radius 1 is 1.35 bits per heavy atom. The molecule has 5 nitrogen and oxygen atoms in total. The van der Waals surface area contributed by atoms with Gasteiger partial charge in [0.05, 0.1) is 0 Å². The van der Waals surface area contributed by atoms with Crippen LogP contribution in [-0.4, -0.2) is 27.1 Å². The number of rotatable bonds is 9. The number of hydrogen-bond acceptors (Lipinski definition) is 4. The summed E-state index contributed by atoms with van der Waals surface area (Å²) < 4.78 is 0. The molecule has 1 heterocycles. The van der Waals surface area contributed by atoms with Gasteiger partial charge in [-0.05, 0) is 25.0 Å². The number of H-pyrrole nitrogens is 1. The Hall–Kier alpha value is -1.82. The fraction of sp³-hybridized carbons (Fsp3) is 0.471. The summed E-state index contributed by atoms with van der Waals surface area (Å²) in [7, 11) is 0. The Bertz CT molecular complexity index is 600. The molecule has 1 aromatic heterocycles. The van der Waals surface area contributed by atoms with Gasteiger partial charge in [0.2, 0.25) is 0 Å². The van der Waals surface area contributed by atoms with Crippen molar-refractivity contribution >= 4 is 17.7 Å². The molecule has 1 aromatic carbocycles. The summed E-state index contributed by atoms with van der Waals surface area (Å²) >= 11 is 1.54. The van der Waals surface area contributed by atoms with Crippen LogP contribution in [0.5, 0.6) is 0 Å². The van der Waals surface area contributed by atoms with E-state index in [9.17, 15) is 4.79 Å². The zero-order valence-corrected chi connectivity index (χ0v) is 14.5. The van der Waals surface area contributed by atoms with E-state index < -0.39 is 0 Å². The third kappa shape index (κ3) is 5.71. The Morgan fingerprint density at radius 3 is 2.91 bits per heavy atom. The van der Waals surface area contributed by atoms with Crippen molar-refractivity contribution in [2.24, 2.45) is 0 Å².